The number of amides is 1. The predicted octanol–water partition coefficient (Wildman–Crippen LogP) is 2.64. The van der Waals surface area contributed by atoms with Crippen LogP contribution in [0, 0.1) is 11.7 Å². The summed E-state index contributed by atoms with van der Waals surface area (Å²) in [7, 11) is 0. The Balaban J connectivity index is 1.95. The van der Waals surface area contributed by atoms with Crippen LogP contribution in [0.2, 0.25) is 0 Å². The van der Waals surface area contributed by atoms with Crippen molar-refractivity contribution in [2.75, 3.05) is 0 Å². The molecule has 7 heteroatoms. The van der Waals surface area contributed by atoms with Gasteiger partial charge in [-0.05, 0) is 18.1 Å². The maximum Gasteiger partial charge on any atom is 0.326 e. The lowest BCUT2D eigenvalue weighted by atomic mass is 10.0. The molecule has 0 fully saturated rings. The molecule has 2 rings (SSSR count). The highest BCUT2D eigenvalue weighted by Gasteiger charge is 2.23. The number of carboxylic acids is 1. The first-order valence-electron chi connectivity index (χ1n) is 7.60. The van der Waals surface area contributed by atoms with Crippen LogP contribution in [0.5, 0.6) is 0 Å². The molecule has 24 heavy (non-hydrogen) atoms. The van der Waals surface area contributed by atoms with Gasteiger partial charge in [0.1, 0.15) is 11.9 Å². The van der Waals surface area contributed by atoms with Crippen molar-refractivity contribution in [3.05, 3.63) is 42.2 Å². The largest absolute Gasteiger partial charge is 0.480 e. The molecule has 1 atom stereocenters. The first-order valence-corrected chi connectivity index (χ1v) is 7.60. The molecule has 0 saturated heterocycles. The van der Waals surface area contributed by atoms with Crippen molar-refractivity contribution in [2.24, 2.45) is 5.92 Å². The van der Waals surface area contributed by atoms with Crippen LogP contribution >= 0.6 is 0 Å². The minimum atomic E-state index is -1.07. The number of aliphatic carboxylic acids is 1. The quantitative estimate of drug-likeness (QED) is 0.812. The van der Waals surface area contributed by atoms with Crippen molar-refractivity contribution >= 4 is 11.9 Å². The number of benzene rings is 1. The van der Waals surface area contributed by atoms with Crippen molar-refractivity contribution in [2.45, 2.75) is 32.7 Å². The summed E-state index contributed by atoms with van der Waals surface area (Å²) < 4.78 is 19.1. The molecular weight excluding hydrogens is 315 g/mol. The lowest BCUT2D eigenvalue weighted by molar-refractivity contribution is -0.143. The number of aryl methyl sites for hydroxylation is 1. The third-order valence-electron chi connectivity index (χ3n) is 3.51. The van der Waals surface area contributed by atoms with Crippen LogP contribution in [0.15, 0.2) is 34.9 Å². The molecule has 1 aromatic heterocycles. The number of nitrogens with one attached hydrogen (secondary N) is 1. The van der Waals surface area contributed by atoms with E-state index in [4.69, 9.17) is 9.52 Å². The number of carbonyl (C=O) groups is 2. The fraction of sp³-hybridized carbons (Fsp3) is 0.353. The molecule has 2 aromatic rings. The van der Waals surface area contributed by atoms with E-state index in [1.54, 1.807) is 32.0 Å². The average molecular weight is 334 g/mol. The molecule has 1 amide bonds. The third kappa shape index (κ3) is 4.41. The van der Waals surface area contributed by atoms with Crippen LogP contribution in [0.3, 0.4) is 0 Å². The Labute approximate surface area is 138 Å². The summed E-state index contributed by atoms with van der Waals surface area (Å²) in [5.41, 5.74) is 0.298. The Hall–Kier alpha value is -2.70. The molecule has 0 bridgehead atoms. The van der Waals surface area contributed by atoms with E-state index in [2.05, 4.69) is 10.3 Å². The highest BCUT2D eigenvalue weighted by molar-refractivity contribution is 5.83. The van der Waals surface area contributed by atoms with Gasteiger partial charge in [0.25, 0.3) is 0 Å². The zero-order valence-electron chi connectivity index (χ0n) is 13.5. The molecule has 1 aromatic carbocycles. The van der Waals surface area contributed by atoms with Crippen LogP contribution in [0.1, 0.15) is 26.2 Å². The Bertz CT molecular complexity index is 727. The summed E-state index contributed by atoms with van der Waals surface area (Å²) in [6.07, 6.45) is 1.64. The van der Waals surface area contributed by atoms with E-state index in [1.165, 1.54) is 12.3 Å². The van der Waals surface area contributed by atoms with E-state index < -0.39 is 23.7 Å². The number of halogens is 1. The summed E-state index contributed by atoms with van der Waals surface area (Å²) in [5.74, 6) is -1.54. The Morgan fingerprint density at radius 1 is 1.33 bits per heavy atom. The number of carboxylic acid groups (broad SMARTS) is 1. The maximum atomic E-state index is 13.7. The van der Waals surface area contributed by atoms with Gasteiger partial charge in [0.2, 0.25) is 5.91 Å². The zero-order valence-corrected chi connectivity index (χ0v) is 13.5. The molecule has 128 valence electrons. The second kappa shape index (κ2) is 7.72. The summed E-state index contributed by atoms with van der Waals surface area (Å²) in [6.45, 7) is 3.43. The Morgan fingerprint density at radius 3 is 2.67 bits per heavy atom. The summed E-state index contributed by atoms with van der Waals surface area (Å²) in [6, 6.07) is 5.23. The van der Waals surface area contributed by atoms with Crippen molar-refractivity contribution < 1.29 is 23.5 Å². The van der Waals surface area contributed by atoms with Crippen LogP contribution in [0.25, 0.3) is 11.3 Å². The SMILES string of the molecule is CC(C)[C@H](NC(=O)CCc1ncc(-c2ccccc2F)o1)C(=O)O. The normalized spacial score (nSPS) is 12.2. The number of carbonyl (C=O) groups excluding carboxylic acids is 1. The van der Waals surface area contributed by atoms with Gasteiger partial charge in [0.15, 0.2) is 11.7 Å². The highest BCUT2D eigenvalue weighted by Crippen LogP contribution is 2.23. The van der Waals surface area contributed by atoms with Gasteiger partial charge >= 0.3 is 5.97 Å². The van der Waals surface area contributed by atoms with Crippen LogP contribution in [-0.2, 0) is 16.0 Å². The lowest BCUT2D eigenvalue weighted by Crippen LogP contribution is -2.44. The standard InChI is InChI=1S/C17H19FN2O4/c1-10(2)16(17(22)23)20-14(21)7-8-15-19-9-13(24-15)11-5-3-4-6-12(11)18/h3-6,9-10,16H,7-8H2,1-2H3,(H,20,21)(H,22,23)/t16-/m0/s1. The number of aromatic nitrogens is 1. The van der Waals surface area contributed by atoms with Gasteiger partial charge in [-0.15, -0.1) is 0 Å². The van der Waals surface area contributed by atoms with E-state index >= 15 is 0 Å². The van der Waals surface area contributed by atoms with Gasteiger partial charge in [-0.25, -0.2) is 14.2 Å². The van der Waals surface area contributed by atoms with Crippen molar-refractivity contribution in [3.63, 3.8) is 0 Å². The zero-order chi connectivity index (χ0) is 17.7. The summed E-state index contributed by atoms with van der Waals surface area (Å²) in [5, 5.41) is 11.5. The Kier molecular flexibility index (Phi) is 5.68. The van der Waals surface area contributed by atoms with Crippen LogP contribution in [0.4, 0.5) is 4.39 Å². The number of oxazole rings is 1. The molecule has 0 spiro atoms. The molecule has 0 radical (unpaired) electrons. The number of nitrogens with zero attached hydrogens (tertiary/aromatic N) is 1. The summed E-state index contributed by atoms with van der Waals surface area (Å²) >= 11 is 0. The molecule has 1 heterocycles. The molecule has 0 unspecified atom stereocenters. The number of hydrogen-bond donors (Lipinski definition) is 2. The molecule has 0 aliphatic carbocycles. The number of hydrogen-bond acceptors (Lipinski definition) is 4. The van der Waals surface area contributed by atoms with E-state index in [0.717, 1.165) is 0 Å². The van der Waals surface area contributed by atoms with Crippen molar-refractivity contribution in [1.29, 1.82) is 0 Å². The van der Waals surface area contributed by atoms with Crippen molar-refractivity contribution in [1.82, 2.24) is 10.3 Å². The van der Waals surface area contributed by atoms with Gasteiger partial charge in [-0.1, -0.05) is 26.0 Å². The average Bonchev–Trinajstić information content (AvgIpc) is 2.99. The molecule has 2 N–H and O–H groups in total. The Morgan fingerprint density at radius 2 is 2.04 bits per heavy atom. The molecule has 0 aliphatic rings. The fourth-order valence-electron chi connectivity index (χ4n) is 2.19. The predicted molar refractivity (Wildman–Crippen MR) is 84.6 cm³/mol. The fourth-order valence-corrected chi connectivity index (χ4v) is 2.19. The van der Waals surface area contributed by atoms with Crippen LogP contribution < -0.4 is 5.32 Å². The van der Waals surface area contributed by atoms with E-state index in [1.807, 2.05) is 0 Å². The lowest BCUT2D eigenvalue weighted by Gasteiger charge is -2.17. The van der Waals surface area contributed by atoms with E-state index in [-0.39, 0.29) is 24.5 Å². The second-order valence-corrected chi connectivity index (χ2v) is 5.73. The first-order chi connectivity index (χ1) is 11.4. The summed E-state index contributed by atoms with van der Waals surface area (Å²) in [4.78, 5) is 26.9. The van der Waals surface area contributed by atoms with Gasteiger partial charge in [-0.2, -0.15) is 0 Å². The monoisotopic (exact) mass is 334 g/mol. The van der Waals surface area contributed by atoms with Crippen molar-refractivity contribution in [3.8, 4) is 11.3 Å². The molecule has 0 saturated carbocycles. The van der Waals surface area contributed by atoms with Gasteiger partial charge in [0.05, 0.1) is 11.8 Å². The van der Waals surface area contributed by atoms with Gasteiger partial charge < -0.3 is 14.8 Å². The van der Waals surface area contributed by atoms with Gasteiger partial charge in [0, 0.05) is 12.8 Å². The van der Waals surface area contributed by atoms with E-state index in [9.17, 15) is 14.0 Å². The topological polar surface area (TPSA) is 92.4 Å². The van der Waals surface area contributed by atoms with Crippen LogP contribution in [-0.4, -0.2) is 28.0 Å². The molecular formula is C17H19FN2O4. The molecule has 6 nitrogen and oxygen atoms in total. The first kappa shape index (κ1) is 17.7. The smallest absolute Gasteiger partial charge is 0.326 e. The molecule has 0 aliphatic heterocycles. The maximum absolute atomic E-state index is 13.7. The minimum absolute atomic E-state index is 0.0354. The third-order valence-corrected chi connectivity index (χ3v) is 3.51. The van der Waals surface area contributed by atoms with E-state index in [0.29, 0.717) is 11.5 Å². The minimum Gasteiger partial charge on any atom is -0.480 e. The van der Waals surface area contributed by atoms with Gasteiger partial charge in [-0.3, -0.25) is 4.79 Å². The number of rotatable bonds is 7. The highest BCUT2D eigenvalue weighted by atomic mass is 19.1. The second-order valence-electron chi connectivity index (χ2n) is 5.73.